The van der Waals surface area contributed by atoms with Gasteiger partial charge in [0.1, 0.15) is 11.5 Å². The van der Waals surface area contributed by atoms with Gasteiger partial charge in [0.05, 0.1) is 34.9 Å². The Morgan fingerprint density at radius 3 is 2.04 bits per heavy atom. The van der Waals surface area contributed by atoms with Crippen molar-refractivity contribution >= 4 is 5.91 Å². The van der Waals surface area contributed by atoms with Crippen LogP contribution in [0.3, 0.4) is 0 Å². The summed E-state index contributed by atoms with van der Waals surface area (Å²) in [7, 11) is 6.32. The molecule has 0 fully saturated rings. The highest BCUT2D eigenvalue weighted by molar-refractivity contribution is 5.79. The predicted molar refractivity (Wildman–Crippen MR) is 99.5 cm³/mol. The SMILES string of the molecule is COc1ccc(CCNC(=O)Cc2cc(OC)c(OC)cc2OC)cc1. The summed E-state index contributed by atoms with van der Waals surface area (Å²) in [5, 5.41) is 2.93. The fourth-order valence-electron chi connectivity index (χ4n) is 2.60. The third-order valence-electron chi connectivity index (χ3n) is 4.03. The van der Waals surface area contributed by atoms with Gasteiger partial charge in [0.15, 0.2) is 11.5 Å². The summed E-state index contributed by atoms with van der Waals surface area (Å²) in [6.45, 7) is 0.556. The molecule has 26 heavy (non-hydrogen) atoms. The largest absolute Gasteiger partial charge is 0.497 e. The maximum atomic E-state index is 12.3. The molecule has 0 bridgehead atoms. The highest BCUT2D eigenvalue weighted by atomic mass is 16.5. The lowest BCUT2D eigenvalue weighted by molar-refractivity contribution is -0.120. The van der Waals surface area contributed by atoms with Crippen LogP contribution in [0.25, 0.3) is 0 Å². The second-order valence-electron chi connectivity index (χ2n) is 5.64. The Balaban J connectivity index is 1.94. The lowest BCUT2D eigenvalue weighted by Gasteiger charge is -2.14. The average Bonchev–Trinajstić information content (AvgIpc) is 2.68. The van der Waals surface area contributed by atoms with Crippen molar-refractivity contribution in [2.24, 2.45) is 0 Å². The molecule has 2 rings (SSSR count). The topological polar surface area (TPSA) is 66.0 Å². The molecule has 0 heterocycles. The molecule has 0 aliphatic heterocycles. The molecule has 1 amide bonds. The first kappa shape index (κ1) is 19.4. The minimum Gasteiger partial charge on any atom is -0.497 e. The van der Waals surface area contributed by atoms with Crippen LogP contribution in [0, 0.1) is 0 Å². The molecule has 1 N–H and O–H groups in total. The van der Waals surface area contributed by atoms with Crippen LogP contribution in [0.5, 0.6) is 23.0 Å². The third kappa shape index (κ3) is 5.05. The van der Waals surface area contributed by atoms with Crippen LogP contribution in [0.1, 0.15) is 11.1 Å². The van der Waals surface area contributed by atoms with Crippen LogP contribution in [0.2, 0.25) is 0 Å². The number of methoxy groups -OCH3 is 4. The maximum absolute atomic E-state index is 12.3. The Labute approximate surface area is 154 Å². The minimum absolute atomic E-state index is 0.0796. The summed E-state index contributed by atoms with van der Waals surface area (Å²) in [6.07, 6.45) is 0.949. The molecule has 0 aromatic heterocycles. The fourth-order valence-corrected chi connectivity index (χ4v) is 2.60. The zero-order valence-corrected chi connectivity index (χ0v) is 15.6. The van der Waals surface area contributed by atoms with E-state index in [4.69, 9.17) is 18.9 Å². The van der Waals surface area contributed by atoms with Crippen molar-refractivity contribution in [1.82, 2.24) is 5.32 Å². The van der Waals surface area contributed by atoms with Crippen molar-refractivity contribution in [3.63, 3.8) is 0 Å². The van der Waals surface area contributed by atoms with Crippen molar-refractivity contribution in [1.29, 1.82) is 0 Å². The first-order valence-electron chi connectivity index (χ1n) is 8.29. The Bertz CT molecular complexity index is 728. The van der Waals surface area contributed by atoms with E-state index in [1.54, 1.807) is 40.6 Å². The van der Waals surface area contributed by atoms with Gasteiger partial charge in [-0.15, -0.1) is 0 Å². The lowest BCUT2D eigenvalue weighted by Crippen LogP contribution is -2.27. The Morgan fingerprint density at radius 1 is 0.846 bits per heavy atom. The first-order valence-corrected chi connectivity index (χ1v) is 8.29. The molecular formula is C20H25NO5. The number of nitrogens with one attached hydrogen (secondary N) is 1. The highest BCUT2D eigenvalue weighted by Gasteiger charge is 2.14. The number of hydrogen-bond acceptors (Lipinski definition) is 5. The number of carbonyl (C=O) groups is 1. The van der Waals surface area contributed by atoms with Gasteiger partial charge in [-0.2, -0.15) is 0 Å². The van der Waals surface area contributed by atoms with E-state index in [1.807, 2.05) is 24.3 Å². The maximum Gasteiger partial charge on any atom is 0.224 e. The quantitative estimate of drug-likeness (QED) is 0.746. The summed E-state index contributed by atoms with van der Waals surface area (Å²) in [5.41, 5.74) is 1.88. The van der Waals surface area contributed by atoms with Gasteiger partial charge in [-0.05, 0) is 30.2 Å². The Kier molecular flexibility index (Phi) is 7.14. The van der Waals surface area contributed by atoms with Crippen molar-refractivity contribution in [2.45, 2.75) is 12.8 Å². The van der Waals surface area contributed by atoms with Crippen LogP contribution >= 0.6 is 0 Å². The monoisotopic (exact) mass is 359 g/mol. The van der Waals surface area contributed by atoms with Gasteiger partial charge in [-0.3, -0.25) is 4.79 Å². The molecule has 0 atom stereocenters. The molecule has 0 saturated heterocycles. The molecule has 0 radical (unpaired) electrons. The summed E-state index contributed by atoms with van der Waals surface area (Å²) < 4.78 is 21.0. The number of rotatable bonds is 9. The van der Waals surface area contributed by atoms with Gasteiger partial charge in [0.2, 0.25) is 5.91 Å². The molecule has 6 heteroatoms. The normalized spacial score (nSPS) is 10.2. The van der Waals surface area contributed by atoms with Crippen molar-refractivity contribution in [2.75, 3.05) is 35.0 Å². The molecule has 0 unspecified atom stereocenters. The number of benzene rings is 2. The second-order valence-corrected chi connectivity index (χ2v) is 5.64. The van der Waals surface area contributed by atoms with Crippen LogP contribution in [-0.4, -0.2) is 40.9 Å². The second kappa shape index (κ2) is 9.56. The van der Waals surface area contributed by atoms with Crippen LogP contribution in [0.15, 0.2) is 36.4 Å². The van der Waals surface area contributed by atoms with Crippen LogP contribution < -0.4 is 24.3 Å². The van der Waals surface area contributed by atoms with Crippen molar-refractivity contribution < 1.29 is 23.7 Å². The van der Waals surface area contributed by atoms with E-state index in [9.17, 15) is 4.79 Å². The van der Waals surface area contributed by atoms with E-state index in [1.165, 1.54) is 0 Å². The third-order valence-corrected chi connectivity index (χ3v) is 4.03. The number of ether oxygens (including phenoxy) is 4. The number of carbonyl (C=O) groups excluding carboxylic acids is 1. The molecule has 140 valence electrons. The van der Waals surface area contributed by atoms with Crippen LogP contribution in [0.4, 0.5) is 0 Å². The molecule has 2 aromatic carbocycles. The van der Waals surface area contributed by atoms with Crippen LogP contribution in [-0.2, 0) is 17.6 Å². The average molecular weight is 359 g/mol. The van der Waals surface area contributed by atoms with Gasteiger partial charge in [-0.25, -0.2) is 0 Å². The van der Waals surface area contributed by atoms with Gasteiger partial charge in [0, 0.05) is 18.2 Å². The highest BCUT2D eigenvalue weighted by Crippen LogP contribution is 2.34. The van der Waals surface area contributed by atoms with Crippen molar-refractivity contribution in [3.8, 4) is 23.0 Å². The lowest BCUT2D eigenvalue weighted by atomic mass is 10.1. The molecule has 2 aromatic rings. The Hall–Kier alpha value is -2.89. The standard InChI is InChI=1S/C20H25NO5/c1-23-16-7-5-14(6-8-16)9-10-21-20(22)12-15-11-18(25-3)19(26-4)13-17(15)24-2/h5-8,11,13H,9-10,12H2,1-4H3,(H,21,22). The van der Waals surface area contributed by atoms with E-state index in [2.05, 4.69) is 5.32 Å². The van der Waals surface area contributed by atoms with Gasteiger partial charge in [-0.1, -0.05) is 12.1 Å². The summed E-state index contributed by atoms with van der Waals surface area (Å²) >= 11 is 0. The zero-order chi connectivity index (χ0) is 18.9. The summed E-state index contributed by atoms with van der Waals surface area (Å²) in [6, 6.07) is 11.3. The first-order chi connectivity index (χ1) is 12.6. The molecule has 0 aliphatic carbocycles. The Morgan fingerprint density at radius 2 is 1.46 bits per heavy atom. The van der Waals surface area contributed by atoms with E-state index < -0.39 is 0 Å². The molecule has 0 saturated carbocycles. The molecule has 6 nitrogen and oxygen atoms in total. The summed E-state index contributed by atoms with van der Waals surface area (Å²) in [5.74, 6) is 2.46. The summed E-state index contributed by atoms with van der Waals surface area (Å²) in [4.78, 5) is 12.3. The van der Waals surface area contributed by atoms with Gasteiger partial charge in [0.25, 0.3) is 0 Å². The predicted octanol–water partition coefficient (Wildman–Crippen LogP) is 2.62. The minimum atomic E-state index is -0.0796. The zero-order valence-electron chi connectivity index (χ0n) is 15.6. The van der Waals surface area contributed by atoms with Gasteiger partial charge < -0.3 is 24.3 Å². The van der Waals surface area contributed by atoms with E-state index in [0.717, 1.165) is 23.3 Å². The van der Waals surface area contributed by atoms with Crippen molar-refractivity contribution in [3.05, 3.63) is 47.5 Å². The fraction of sp³-hybridized carbons (Fsp3) is 0.350. The number of amides is 1. The smallest absolute Gasteiger partial charge is 0.224 e. The van der Waals surface area contributed by atoms with Gasteiger partial charge >= 0.3 is 0 Å². The molecule has 0 spiro atoms. The molecule has 0 aliphatic rings. The van der Waals surface area contributed by atoms with E-state index >= 15 is 0 Å². The number of hydrogen-bond donors (Lipinski definition) is 1. The van der Waals surface area contributed by atoms with E-state index in [-0.39, 0.29) is 12.3 Å². The molecular weight excluding hydrogens is 334 g/mol. The van der Waals surface area contributed by atoms with E-state index in [0.29, 0.717) is 23.8 Å².